The fourth-order valence-electron chi connectivity index (χ4n) is 3.15. The number of nitrogens with one attached hydrogen (secondary N) is 2. The first-order valence-electron chi connectivity index (χ1n) is 8.79. The van der Waals surface area contributed by atoms with Gasteiger partial charge in [0.15, 0.2) is 0 Å². The Kier molecular flexibility index (Phi) is 7.18. The van der Waals surface area contributed by atoms with Gasteiger partial charge in [-0.15, -0.1) is 0 Å². The van der Waals surface area contributed by atoms with Gasteiger partial charge in [-0.3, -0.25) is 19.5 Å². The minimum Gasteiger partial charge on any atom is -0.354 e. The molecule has 0 aromatic carbocycles. The molecule has 2 heterocycles. The van der Waals surface area contributed by atoms with Crippen LogP contribution in [0.5, 0.6) is 0 Å². The molecule has 2 N–H and O–H groups in total. The van der Waals surface area contributed by atoms with Gasteiger partial charge in [0, 0.05) is 31.0 Å². The van der Waals surface area contributed by atoms with Gasteiger partial charge in [-0.2, -0.15) is 0 Å². The molecule has 132 valence electrons. The predicted molar refractivity (Wildman–Crippen MR) is 94.5 cm³/mol. The molecule has 6 nitrogen and oxygen atoms in total. The molecule has 0 aliphatic carbocycles. The average Bonchev–Trinajstić information content (AvgIpc) is 2.56. The fraction of sp³-hybridized carbons (Fsp3) is 0.611. The van der Waals surface area contributed by atoms with Crippen LogP contribution in [0.2, 0.25) is 0 Å². The third kappa shape index (κ3) is 5.60. The van der Waals surface area contributed by atoms with Crippen LogP contribution in [0.4, 0.5) is 5.69 Å². The van der Waals surface area contributed by atoms with Crippen LogP contribution in [-0.2, 0) is 9.59 Å². The quantitative estimate of drug-likeness (QED) is 0.801. The van der Waals surface area contributed by atoms with Crippen LogP contribution in [0, 0.1) is 5.92 Å². The van der Waals surface area contributed by atoms with Crippen molar-refractivity contribution in [1.29, 1.82) is 0 Å². The summed E-state index contributed by atoms with van der Waals surface area (Å²) < 4.78 is 0. The molecule has 1 aliphatic rings. The van der Waals surface area contributed by atoms with Gasteiger partial charge in [-0.1, -0.05) is 20.3 Å². The number of rotatable bonds is 7. The van der Waals surface area contributed by atoms with Crippen LogP contribution < -0.4 is 10.6 Å². The Balaban J connectivity index is 1.77. The zero-order chi connectivity index (χ0) is 17.4. The van der Waals surface area contributed by atoms with E-state index < -0.39 is 0 Å². The second-order valence-electron chi connectivity index (χ2n) is 6.61. The van der Waals surface area contributed by atoms with Crippen molar-refractivity contribution in [2.75, 3.05) is 25.0 Å². The number of piperidine rings is 1. The molecule has 0 bridgehead atoms. The summed E-state index contributed by atoms with van der Waals surface area (Å²) in [5, 5.41) is 5.71. The second-order valence-corrected chi connectivity index (χ2v) is 6.61. The highest BCUT2D eigenvalue weighted by Crippen LogP contribution is 2.17. The molecule has 1 aliphatic heterocycles. The lowest BCUT2D eigenvalue weighted by atomic mass is 9.98. The first kappa shape index (κ1) is 18.4. The zero-order valence-corrected chi connectivity index (χ0v) is 14.6. The summed E-state index contributed by atoms with van der Waals surface area (Å²) in [6.45, 7) is 6.48. The monoisotopic (exact) mass is 332 g/mol. The third-order valence-corrected chi connectivity index (χ3v) is 4.30. The van der Waals surface area contributed by atoms with E-state index in [1.54, 1.807) is 24.5 Å². The minimum atomic E-state index is -0.111. The van der Waals surface area contributed by atoms with Crippen molar-refractivity contribution < 1.29 is 9.59 Å². The molecular weight excluding hydrogens is 304 g/mol. The van der Waals surface area contributed by atoms with Gasteiger partial charge in [0.1, 0.15) is 0 Å². The van der Waals surface area contributed by atoms with E-state index in [-0.39, 0.29) is 30.2 Å². The summed E-state index contributed by atoms with van der Waals surface area (Å²) >= 11 is 0. The first-order valence-corrected chi connectivity index (χ1v) is 8.79. The highest BCUT2D eigenvalue weighted by molar-refractivity contribution is 5.91. The Morgan fingerprint density at radius 3 is 2.46 bits per heavy atom. The Morgan fingerprint density at radius 2 is 1.83 bits per heavy atom. The molecule has 6 heteroatoms. The van der Waals surface area contributed by atoms with Gasteiger partial charge >= 0.3 is 0 Å². The Morgan fingerprint density at radius 1 is 1.17 bits per heavy atom. The molecule has 2 amide bonds. The number of nitrogens with zero attached hydrogens (tertiary/aromatic N) is 2. The van der Waals surface area contributed by atoms with Gasteiger partial charge < -0.3 is 10.6 Å². The Hall–Kier alpha value is -1.95. The molecule has 0 saturated carbocycles. The molecule has 1 saturated heterocycles. The lowest BCUT2D eigenvalue weighted by Gasteiger charge is -2.35. The largest absolute Gasteiger partial charge is 0.354 e. The number of carbonyl (C=O) groups excluding carboxylic acids is 2. The summed E-state index contributed by atoms with van der Waals surface area (Å²) in [6, 6.07) is 3.37. The number of hydrogen-bond acceptors (Lipinski definition) is 4. The number of carbonyl (C=O) groups is 2. The smallest absolute Gasteiger partial charge is 0.237 e. The maximum Gasteiger partial charge on any atom is 0.237 e. The number of likely N-dealkylation sites (tertiary alicyclic amines) is 1. The van der Waals surface area contributed by atoms with E-state index in [0.29, 0.717) is 6.54 Å². The van der Waals surface area contributed by atoms with E-state index in [0.717, 1.165) is 31.6 Å². The van der Waals surface area contributed by atoms with E-state index in [9.17, 15) is 9.59 Å². The predicted octanol–water partition coefficient (Wildman–Crippen LogP) is 2.04. The molecule has 24 heavy (non-hydrogen) atoms. The van der Waals surface area contributed by atoms with Crippen molar-refractivity contribution in [2.24, 2.45) is 5.92 Å². The van der Waals surface area contributed by atoms with Crippen LogP contribution in [-0.4, -0.2) is 47.4 Å². The van der Waals surface area contributed by atoms with Gasteiger partial charge in [0.25, 0.3) is 0 Å². The normalized spacial score (nSPS) is 16.6. The number of hydrogen-bond donors (Lipinski definition) is 2. The molecule has 1 fully saturated rings. The number of amides is 2. The highest BCUT2D eigenvalue weighted by Gasteiger charge is 2.29. The van der Waals surface area contributed by atoms with Crippen LogP contribution in [0.3, 0.4) is 0 Å². The summed E-state index contributed by atoms with van der Waals surface area (Å²) in [7, 11) is 0. The van der Waals surface area contributed by atoms with E-state index in [1.165, 1.54) is 6.42 Å². The van der Waals surface area contributed by atoms with E-state index >= 15 is 0 Å². The maximum atomic E-state index is 12.5. The topological polar surface area (TPSA) is 74.3 Å². The van der Waals surface area contributed by atoms with Crippen molar-refractivity contribution in [3.8, 4) is 0 Å². The average molecular weight is 332 g/mol. The molecule has 1 atom stereocenters. The Bertz CT molecular complexity index is 527. The van der Waals surface area contributed by atoms with Crippen LogP contribution >= 0.6 is 0 Å². The molecule has 1 aromatic heterocycles. The molecule has 0 radical (unpaired) electrons. The van der Waals surface area contributed by atoms with Gasteiger partial charge in [-0.05, 0) is 44.0 Å². The number of pyridine rings is 1. The summed E-state index contributed by atoms with van der Waals surface area (Å²) in [4.78, 5) is 30.6. The van der Waals surface area contributed by atoms with Gasteiger partial charge in [0.2, 0.25) is 11.8 Å². The summed E-state index contributed by atoms with van der Waals surface area (Å²) in [6.07, 6.45) is 7.08. The SMILES string of the molecule is CC(C)[C@H](C(=O)NCCC(=O)Nc1ccncc1)N1CCCCC1. The number of aromatic nitrogens is 1. The lowest BCUT2D eigenvalue weighted by molar-refractivity contribution is -0.128. The van der Waals surface area contributed by atoms with Crippen molar-refractivity contribution in [1.82, 2.24) is 15.2 Å². The van der Waals surface area contributed by atoms with Crippen molar-refractivity contribution in [2.45, 2.75) is 45.6 Å². The summed E-state index contributed by atoms with van der Waals surface area (Å²) in [5.74, 6) is 0.179. The van der Waals surface area contributed by atoms with Gasteiger partial charge in [-0.25, -0.2) is 0 Å². The fourth-order valence-corrected chi connectivity index (χ4v) is 3.15. The second kappa shape index (κ2) is 9.37. The van der Waals surface area contributed by atoms with Crippen molar-refractivity contribution in [3.05, 3.63) is 24.5 Å². The Labute approximate surface area is 144 Å². The highest BCUT2D eigenvalue weighted by atomic mass is 16.2. The zero-order valence-electron chi connectivity index (χ0n) is 14.6. The molecule has 0 spiro atoms. The molecule has 0 unspecified atom stereocenters. The first-order chi connectivity index (χ1) is 11.6. The van der Waals surface area contributed by atoms with E-state index in [2.05, 4.69) is 34.4 Å². The molecule has 2 rings (SSSR count). The molecular formula is C18H28N4O2. The minimum absolute atomic E-state index is 0.0311. The van der Waals surface area contributed by atoms with Gasteiger partial charge in [0.05, 0.1) is 6.04 Å². The lowest BCUT2D eigenvalue weighted by Crippen LogP contribution is -2.51. The molecule has 1 aromatic rings. The van der Waals surface area contributed by atoms with Crippen molar-refractivity contribution >= 4 is 17.5 Å². The summed E-state index contributed by atoms with van der Waals surface area (Å²) in [5.41, 5.74) is 0.717. The van der Waals surface area contributed by atoms with Crippen LogP contribution in [0.25, 0.3) is 0 Å². The standard InChI is InChI=1S/C18H28N4O2/c1-14(2)17(22-12-4-3-5-13-22)18(24)20-11-8-16(23)21-15-6-9-19-10-7-15/h6-7,9-10,14,17H,3-5,8,11-13H2,1-2H3,(H,20,24)(H,19,21,23)/t17-/m1/s1. The van der Waals surface area contributed by atoms with Crippen LogP contribution in [0.1, 0.15) is 39.5 Å². The van der Waals surface area contributed by atoms with Crippen LogP contribution in [0.15, 0.2) is 24.5 Å². The van der Waals surface area contributed by atoms with E-state index in [1.807, 2.05) is 0 Å². The van der Waals surface area contributed by atoms with Crippen molar-refractivity contribution in [3.63, 3.8) is 0 Å². The third-order valence-electron chi connectivity index (χ3n) is 4.30. The van der Waals surface area contributed by atoms with E-state index in [4.69, 9.17) is 0 Å². The number of anilines is 1. The maximum absolute atomic E-state index is 12.5.